The zero-order valence-corrected chi connectivity index (χ0v) is 14.2. The van der Waals surface area contributed by atoms with Gasteiger partial charge in [0.1, 0.15) is 23.2 Å². The number of fused-ring (bicyclic) bond motifs is 1. The number of hydrogen-bond donors (Lipinski definition) is 2. The fourth-order valence-electron chi connectivity index (χ4n) is 2.82. The summed E-state index contributed by atoms with van der Waals surface area (Å²) in [6.45, 7) is -1.46. The van der Waals surface area contributed by atoms with E-state index >= 15 is 0 Å². The molecule has 0 amide bonds. The highest BCUT2D eigenvalue weighted by molar-refractivity contribution is 6.02. The molecule has 10 heteroatoms. The second kappa shape index (κ2) is 6.80. The van der Waals surface area contributed by atoms with Gasteiger partial charge in [-0.25, -0.2) is 9.97 Å². The van der Waals surface area contributed by atoms with Gasteiger partial charge in [-0.1, -0.05) is 6.07 Å². The molecule has 0 aliphatic carbocycles. The van der Waals surface area contributed by atoms with Crippen molar-refractivity contribution in [2.45, 2.75) is 6.18 Å². The van der Waals surface area contributed by atoms with Crippen LogP contribution in [0.15, 0.2) is 49.1 Å². The van der Waals surface area contributed by atoms with Gasteiger partial charge in [0.15, 0.2) is 6.61 Å². The molecule has 4 rings (SSSR count). The highest BCUT2D eigenvalue weighted by Gasteiger charge is 2.30. The van der Waals surface area contributed by atoms with Crippen LogP contribution in [0.1, 0.15) is 0 Å². The maximum atomic E-state index is 12.6. The molecule has 4 aromatic heterocycles. The van der Waals surface area contributed by atoms with E-state index in [2.05, 4.69) is 24.9 Å². The largest absolute Gasteiger partial charge is 0.466 e. The molecular formula is C18H13F3N6O. The van der Waals surface area contributed by atoms with Crippen LogP contribution in [0.4, 0.5) is 19.0 Å². The van der Waals surface area contributed by atoms with Gasteiger partial charge in [0.25, 0.3) is 0 Å². The van der Waals surface area contributed by atoms with Gasteiger partial charge in [0.2, 0.25) is 5.88 Å². The molecule has 0 saturated carbocycles. The maximum absolute atomic E-state index is 12.6. The van der Waals surface area contributed by atoms with Gasteiger partial charge in [-0.2, -0.15) is 18.2 Å². The van der Waals surface area contributed by atoms with Crippen LogP contribution in [-0.4, -0.2) is 37.7 Å². The summed E-state index contributed by atoms with van der Waals surface area (Å²) in [5.74, 6) is 0.0931. The molecular weight excluding hydrogens is 373 g/mol. The van der Waals surface area contributed by atoms with Gasteiger partial charge in [-0.3, -0.25) is 4.98 Å². The number of pyridine rings is 2. The molecule has 0 aliphatic heterocycles. The Kier molecular flexibility index (Phi) is 4.30. The molecule has 4 heterocycles. The first kappa shape index (κ1) is 17.7. The monoisotopic (exact) mass is 386 g/mol. The van der Waals surface area contributed by atoms with Gasteiger partial charge >= 0.3 is 6.18 Å². The Morgan fingerprint density at radius 3 is 2.61 bits per heavy atom. The van der Waals surface area contributed by atoms with Crippen LogP contribution in [0.3, 0.4) is 0 Å². The van der Waals surface area contributed by atoms with Crippen LogP contribution in [-0.2, 0) is 0 Å². The lowest BCUT2D eigenvalue weighted by Gasteiger charge is -2.08. The number of H-pyrrole nitrogens is 1. The number of aromatic amines is 1. The minimum atomic E-state index is -4.49. The molecule has 7 nitrogen and oxygen atoms in total. The van der Waals surface area contributed by atoms with Crippen molar-refractivity contribution in [3.63, 3.8) is 0 Å². The van der Waals surface area contributed by atoms with Crippen molar-refractivity contribution in [1.82, 2.24) is 24.9 Å². The number of anilines is 1. The molecule has 0 saturated heterocycles. The number of halogens is 3. The highest BCUT2D eigenvalue weighted by atomic mass is 19.4. The van der Waals surface area contributed by atoms with E-state index in [1.807, 2.05) is 0 Å². The van der Waals surface area contributed by atoms with Crippen LogP contribution in [0.2, 0.25) is 0 Å². The van der Waals surface area contributed by atoms with Crippen molar-refractivity contribution >= 4 is 16.9 Å². The third kappa shape index (κ3) is 3.43. The van der Waals surface area contributed by atoms with Crippen molar-refractivity contribution in [1.29, 1.82) is 0 Å². The van der Waals surface area contributed by atoms with E-state index in [0.717, 1.165) is 6.33 Å². The third-order valence-corrected chi connectivity index (χ3v) is 3.91. The fourth-order valence-corrected chi connectivity index (χ4v) is 2.82. The maximum Gasteiger partial charge on any atom is 0.422 e. The number of hydrogen-bond acceptors (Lipinski definition) is 6. The standard InChI is InChI=1S/C18H13F3N6O/c19-18(20,21)8-28-17-16-15(25-9-26-17)13(11-3-1-2-5-23-11)14(27-16)10-4-6-24-12(22)7-10/h1-7,9,27H,8H2,(H2,22,24). The first-order chi connectivity index (χ1) is 13.4. The van der Waals surface area contributed by atoms with Gasteiger partial charge in [0, 0.05) is 18.0 Å². The lowest BCUT2D eigenvalue weighted by molar-refractivity contribution is -0.153. The van der Waals surface area contributed by atoms with E-state index in [1.165, 1.54) is 6.20 Å². The van der Waals surface area contributed by atoms with E-state index in [0.29, 0.717) is 33.8 Å². The Bertz CT molecular complexity index is 1130. The Balaban J connectivity index is 1.94. The molecule has 142 valence electrons. The van der Waals surface area contributed by atoms with Crippen LogP contribution in [0.5, 0.6) is 5.88 Å². The fraction of sp³-hybridized carbons (Fsp3) is 0.111. The summed E-state index contributed by atoms with van der Waals surface area (Å²) in [4.78, 5) is 19.5. The summed E-state index contributed by atoms with van der Waals surface area (Å²) in [7, 11) is 0. The lowest BCUT2D eigenvalue weighted by atomic mass is 10.1. The molecule has 0 atom stereocenters. The molecule has 28 heavy (non-hydrogen) atoms. The molecule has 4 aromatic rings. The average molecular weight is 386 g/mol. The van der Waals surface area contributed by atoms with Crippen molar-refractivity contribution < 1.29 is 17.9 Å². The molecule has 0 bridgehead atoms. The smallest absolute Gasteiger partial charge is 0.422 e. The number of ether oxygens (including phenoxy) is 1. The van der Waals surface area contributed by atoms with Crippen LogP contribution in [0, 0.1) is 0 Å². The van der Waals surface area contributed by atoms with E-state index in [4.69, 9.17) is 10.5 Å². The van der Waals surface area contributed by atoms with Crippen LogP contribution >= 0.6 is 0 Å². The highest BCUT2D eigenvalue weighted by Crippen LogP contribution is 2.39. The van der Waals surface area contributed by atoms with Gasteiger partial charge < -0.3 is 15.5 Å². The number of nitrogens with one attached hydrogen (secondary N) is 1. The molecule has 0 aromatic carbocycles. The van der Waals surface area contributed by atoms with Crippen LogP contribution < -0.4 is 10.5 Å². The molecule has 0 aliphatic rings. The molecule has 3 N–H and O–H groups in total. The Morgan fingerprint density at radius 2 is 1.89 bits per heavy atom. The molecule has 0 spiro atoms. The zero-order chi connectivity index (χ0) is 19.7. The van der Waals surface area contributed by atoms with E-state index in [9.17, 15) is 13.2 Å². The van der Waals surface area contributed by atoms with Crippen LogP contribution in [0.25, 0.3) is 33.5 Å². The Labute approximate surface area is 156 Å². The minimum absolute atomic E-state index is 0.201. The Hall–Kier alpha value is -3.69. The van der Waals surface area contributed by atoms with Gasteiger partial charge in [0.05, 0.1) is 17.0 Å². The summed E-state index contributed by atoms with van der Waals surface area (Å²) in [5, 5.41) is 0. The predicted molar refractivity (Wildman–Crippen MR) is 96.3 cm³/mol. The normalized spacial score (nSPS) is 11.7. The van der Waals surface area contributed by atoms with Crippen molar-refractivity contribution in [2.24, 2.45) is 0 Å². The molecule has 0 unspecified atom stereocenters. The van der Waals surface area contributed by atoms with Gasteiger partial charge in [-0.15, -0.1) is 0 Å². The predicted octanol–water partition coefficient (Wildman–Crippen LogP) is 3.61. The number of nitrogens with zero attached hydrogens (tertiary/aromatic N) is 4. The van der Waals surface area contributed by atoms with Crippen molar-refractivity contribution in [3.8, 4) is 28.4 Å². The zero-order valence-electron chi connectivity index (χ0n) is 14.2. The number of aromatic nitrogens is 5. The summed E-state index contributed by atoms with van der Waals surface area (Å²) in [6.07, 6.45) is -0.193. The first-order valence-corrected chi connectivity index (χ1v) is 8.12. The minimum Gasteiger partial charge on any atom is -0.466 e. The second-order valence-corrected chi connectivity index (χ2v) is 5.87. The summed E-state index contributed by atoms with van der Waals surface area (Å²) in [6, 6.07) is 8.69. The van der Waals surface area contributed by atoms with E-state index in [-0.39, 0.29) is 11.4 Å². The quantitative estimate of drug-likeness (QED) is 0.556. The number of rotatable bonds is 4. The number of nitrogens with two attached hydrogens (primary N) is 1. The lowest BCUT2D eigenvalue weighted by Crippen LogP contribution is -2.19. The topological polar surface area (TPSA) is 103 Å². The number of alkyl halides is 3. The number of nitrogen functional groups attached to an aromatic ring is 1. The van der Waals surface area contributed by atoms with Gasteiger partial charge in [-0.05, 0) is 24.3 Å². The SMILES string of the molecule is Nc1cc(-c2[nH]c3c(OCC(F)(F)F)ncnc3c2-c2ccccn2)ccn1. The first-order valence-electron chi connectivity index (χ1n) is 8.12. The molecule has 0 radical (unpaired) electrons. The Morgan fingerprint density at radius 1 is 1.04 bits per heavy atom. The van der Waals surface area contributed by atoms with E-state index < -0.39 is 12.8 Å². The van der Waals surface area contributed by atoms with E-state index in [1.54, 1.807) is 36.5 Å². The second-order valence-electron chi connectivity index (χ2n) is 5.87. The average Bonchev–Trinajstić information content (AvgIpc) is 3.06. The van der Waals surface area contributed by atoms with Crippen molar-refractivity contribution in [2.75, 3.05) is 12.3 Å². The summed E-state index contributed by atoms with van der Waals surface area (Å²) >= 11 is 0. The molecule has 0 fully saturated rings. The van der Waals surface area contributed by atoms with Crippen molar-refractivity contribution in [3.05, 3.63) is 49.1 Å². The summed E-state index contributed by atoms with van der Waals surface area (Å²) < 4.78 is 42.7. The summed E-state index contributed by atoms with van der Waals surface area (Å²) in [5.41, 5.74) is 8.83. The third-order valence-electron chi connectivity index (χ3n) is 3.91.